The Labute approximate surface area is 197 Å². The molecule has 0 aliphatic carbocycles. The van der Waals surface area contributed by atoms with Gasteiger partial charge in [0.15, 0.2) is 0 Å². The highest BCUT2D eigenvalue weighted by molar-refractivity contribution is 5.90. The van der Waals surface area contributed by atoms with Crippen LogP contribution in [0.1, 0.15) is 26.7 Å². The molecular formula is C22H30FN5O6. The summed E-state index contributed by atoms with van der Waals surface area (Å²) in [5, 5.41) is 4.04. The van der Waals surface area contributed by atoms with Gasteiger partial charge in [-0.2, -0.15) is 0 Å². The number of nitrogens with zero attached hydrogens (tertiary/aromatic N) is 3. The van der Waals surface area contributed by atoms with Gasteiger partial charge in [-0.15, -0.1) is 0 Å². The van der Waals surface area contributed by atoms with Crippen LogP contribution >= 0.6 is 0 Å². The normalized spacial score (nSPS) is 18.4. The third kappa shape index (κ3) is 6.56. The fraction of sp³-hybridized carbons (Fsp3) is 0.545. The molecule has 0 spiro atoms. The third-order valence-electron chi connectivity index (χ3n) is 5.46. The highest BCUT2D eigenvalue weighted by Gasteiger charge is 2.33. The minimum absolute atomic E-state index is 0.00919. The standard InChI is InChI=1S/C22H30FN5O6/c1-3-33-21(31)7-6-20(30)28-11-10-26(9-8-25-28)19-5-4-16(12-18(19)23)27-14-17(34-22(27)32)13-24-15(2)29/h4-5,12,17,25H,3,6-11,13-14H2,1-2H3,(H,24,29)/t17-/m0/s1. The Morgan fingerprint density at radius 3 is 2.74 bits per heavy atom. The van der Waals surface area contributed by atoms with E-state index in [1.165, 1.54) is 22.9 Å². The molecule has 2 fully saturated rings. The second-order valence-electron chi connectivity index (χ2n) is 7.93. The van der Waals surface area contributed by atoms with Gasteiger partial charge >= 0.3 is 12.1 Å². The summed E-state index contributed by atoms with van der Waals surface area (Å²) in [4.78, 5) is 50.3. The molecule has 11 nitrogen and oxygen atoms in total. The number of hydrogen-bond acceptors (Lipinski definition) is 8. The number of rotatable bonds is 8. The Hall–Kier alpha value is -3.41. The van der Waals surface area contributed by atoms with Crippen molar-refractivity contribution in [1.29, 1.82) is 0 Å². The molecule has 0 saturated carbocycles. The first kappa shape index (κ1) is 25.2. The lowest BCUT2D eigenvalue weighted by Crippen LogP contribution is -2.43. The van der Waals surface area contributed by atoms with Gasteiger partial charge < -0.3 is 19.7 Å². The molecule has 0 bridgehead atoms. The highest BCUT2D eigenvalue weighted by Crippen LogP contribution is 2.28. The third-order valence-corrected chi connectivity index (χ3v) is 5.46. The van der Waals surface area contributed by atoms with E-state index in [9.17, 15) is 19.2 Å². The molecule has 2 N–H and O–H groups in total. The van der Waals surface area contributed by atoms with Gasteiger partial charge in [-0.1, -0.05) is 0 Å². The monoisotopic (exact) mass is 479 g/mol. The molecule has 2 aliphatic rings. The maximum atomic E-state index is 15.0. The van der Waals surface area contributed by atoms with Crippen molar-refractivity contribution < 1.29 is 33.0 Å². The molecule has 34 heavy (non-hydrogen) atoms. The zero-order valence-electron chi connectivity index (χ0n) is 19.3. The van der Waals surface area contributed by atoms with E-state index in [1.807, 2.05) is 4.90 Å². The van der Waals surface area contributed by atoms with Crippen LogP contribution in [0.15, 0.2) is 18.2 Å². The fourth-order valence-corrected chi connectivity index (χ4v) is 3.78. The molecule has 12 heteroatoms. The number of halogens is 1. The van der Waals surface area contributed by atoms with Crippen LogP contribution in [0.4, 0.5) is 20.6 Å². The Balaban J connectivity index is 1.57. The summed E-state index contributed by atoms with van der Waals surface area (Å²) in [5.74, 6) is -1.38. The molecule has 1 aromatic carbocycles. The van der Waals surface area contributed by atoms with E-state index in [2.05, 4.69) is 10.7 Å². The average molecular weight is 480 g/mol. The second-order valence-corrected chi connectivity index (χ2v) is 7.93. The van der Waals surface area contributed by atoms with E-state index in [1.54, 1.807) is 19.1 Å². The van der Waals surface area contributed by atoms with Gasteiger partial charge in [0.25, 0.3) is 0 Å². The molecule has 0 radical (unpaired) electrons. The van der Waals surface area contributed by atoms with Gasteiger partial charge in [-0.3, -0.25) is 24.3 Å². The minimum Gasteiger partial charge on any atom is -0.466 e. The number of anilines is 2. The zero-order valence-corrected chi connectivity index (χ0v) is 19.3. The number of cyclic esters (lactones) is 1. The fourth-order valence-electron chi connectivity index (χ4n) is 3.78. The van der Waals surface area contributed by atoms with Crippen molar-refractivity contribution in [3.05, 3.63) is 24.0 Å². The van der Waals surface area contributed by atoms with Crippen molar-refractivity contribution >= 4 is 35.3 Å². The van der Waals surface area contributed by atoms with Crippen LogP contribution < -0.4 is 20.5 Å². The van der Waals surface area contributed by atoms with Crippen molar-refractivity contribution in [1.82, 2.24) is 15.8 Å². The van der Waals surface area contributed by atoms with Crippen LogP contribution in [-0.4, -0.2) is 80.9 Å². The SMILES string of the molecule is CCOC(=O)CCC(=O)N1CCN(c2ccc(N3C[C@H](CNC(C)=O)OC3=O)cc2F)CCN1. The molecule has 3 rings (SSSR count). The molecule has 0 aromatic heterocycles. The molecule has 2 heterocycles. The Morgan fingerprint density at radius 1 is 1.24 bits per heavy atom. The molecule has 0 unspecified atom stereocenters. The maximum absolute atomic E-state index is 15.0. The lowest BCUT2D eigenvalue weighted by molar-refractivity contribution is -0.146. The first-order chi connectivity index (χ1) is 16.3. The zero-order chi connectivity index (χ0) is 24.7. The predicted molar refractivity (Wildman–Crippen MR) is 120 cm³/mol. The number of amides is 3. The highest BCUT2D eigenvalue weighted by atomic mass is 19.1. The number of esters is 1. The van der Waals surface area contributed by atoms with E-state index < -0.39 is 24.0 Å². The first-order valence-corrected chi connectivity index (χ1v) is 11.2. The van der Waals surface area contributed by atoms with Crippen molar-refractivity contribution in [2.45, 2.75) is 32.8 Å². The van der Waals surface area contributed by atoms with Crippen LogP contribution in [0.25, 0.3) is 0 Å². The van der Waals surface area contributed by atoms with Gasteiger partial charge in [-0.25, -0.2) is 14.6 Å². The maximum Gasteiger partial charge on any atom is 0.414 e. The summed E-state index contributed by atoms with van der Waals surface area (Å²) < 4.78 is 25.1. The molecule has 2 saturated heterocycles. The van der Waals surface area contributed by atoms with Crippen LogP contribution in [0.2, 0.25) is 0 Å². The van der Waals surface area contributed by atoms with Gasteiger partial charge in [-0.05, 0) is 25.1 Å². The predicted octanol–water partition coefficient (Wildman–Crippen LogP) is 0.784. The van der Waals surface area contributed by atoms with Gasteiger partial charge in [0.05, 0.1) is 44.0 Å². The van der Waals surface area contributed by atoms with Crippen molar-refractivity contribution in [2.24, 2.45) is 0 Å². The number of carbonyl (C=O) groups is 4. The number of ether oxygens (including phenoxy) is 2. The minimum atomic E-state index is -0.599. The topological polar surface area (TPSA) is 121 Å². The number of benzene rings is 1. The smallest absolute Gasteiger partial charge is 0.414 e. The van der Waals surface area contributed by atoms with Crippen molar-refractivity contribution in [3.63, 3.8) is 0 Å². The molecule has 1 atom stereocenters. The molecule has 186 valence electrons. The molecule has 3 amide bonds. The van der Waals surface area contributed by atoms with Crippen LogP contribution in [0.5, 0.6) is 0 Å². The average Bonchev–Trinajstić information content (AvgIpc) is 3.00. The van der Waals surface area contributed by atoms with Gasteiger partial charge in [0.1, 0.15) is 11.9 Å². The van der Waals surface area contributed by atoms with Gasteiger partial charge in [0.2, 0.25) is 11.8 Å². The first-order valence-electron chi connectivity index (χ1n) is 11.2. The quantitative estimate of drug-likeness (QED) is 0.525. The van der Waals surface area contributed by atoms with Crippen LogP contribution in [0, 0.1) is 5.82 Å². The number of carbonyl (C=O) groups excluding carboxylic acids is 4. The second kappa shape index (κ2) is 11.6. The lowest BCUT2D eigenvalue weighted by atomic mass is 10.2. The van der Waals surface area contributed by atoms with E-state index in [0.29, 0.717) is 37.6 Å². The summed E-state index contributed by atoms with van der Waals surface area (Å²) in [6, 6.07) is 4.51. The summed E-state index contributed by atoms with van der Waals surface area (Å²) in [6.45, 7) is 5.31. The van der Waals surface area contributed by atoms with Crippen molar-refractivity contribution in [2.75, 3.05) is 55.7 Å². The Bertz CT molecular complexity index is 929. The van der Waals surface area contributed by atoms with Crippen LogP contribution in [-0.2, 0) is 23.9 Å². The molecule has 2 aliphatic heterocycles. The van der Waals surface area contributed by atoms with Crippen molar-refractivity contribution in [3.8, 4) is 0 Å². The summed E-state index contributed by atoms with van der Waals surface area (Å²) in [7, 11) is 0. The van der Waals surface area contributed by atoms with Gasteiger partial charge in [0, 0.05) is 33.0 Å². The molecule has 1 aromatic rings. The molecular weight excluding hydrogens is 449 g/mol. The van der Waals surface area contributed by atoms with E-state index >= 15 is 4.39 Å². The summed E-state index contributed by atoms with van der Waals surface area (Å²) in [6.07, 6.45) is -1.07. The van der Waals surface area contributed by atoms with E-state index in [4.69, 9.17) is 9.47 Å². The van der Waals surface area contributed by atoms with E-state index in [-0.39, 0.29) is 44.4 Å². The number of hydrogen-bond donors (Lipinski definition) is 2. The summed E-state index contributed by atoms with van der Waals surface area (Å²) in [5.41, 5.74) is 3.73. The number of hydrazine groups is 1. The van der Waals surface area contributed by atoms with Crippen LogP contribution in [0.3, 0.4) is 0 Å². The Morgan fingerprint density at radius 2 is 2.03 bits per heavy atom. The Kier molecular flexibility index (Phi) is 8.63. The largest absolute Gasteiger partial charge is 0.466 e. The van der Waals surface area contributed by atoms with E-state index in [0.717, 1.165) is 0 Å². The lowest BCUT2D eigenvalue weighted by Gasteiger charge is -2.24. The number of nitrogens with one attached hydrogen (secondary N) is 2. The summed E-state index contributed by atoms with van der Waals surface area (Å²) >= 11 is 0.